The molecule has 1 aromatic rings. The smallest absolute Gasteiger partial charge is 0.255 e. The van der Waals surface area contributed by atoms with Crippen LogP contribution in [0.4, 0.5) is 0 Å². The van der Waals surface area contributed by atoms with Gasteiger partial charge < -0.3 is 24.8 Å². The largest absolute Gasteiger partial charge is 0.486 e. The number of fused-ring (bicyclic) bond motifs is 1. The van der Waals surface area contributed by atoms with E-state index in [1.807, 2.05) is 0 Å². The van der Waals surface area contributed by atoms with Crippen LogP contribution in [0.15, 0.2) is 12.1 Å². The van der Waals surface area contributed by atoms with E-state index in [1.165, 1.54) is 0 Å². The Bertz CT molecular complexity index is 581. The van der Waals surface area contributed by atoms with Gasteiger partial charge in [0.05, 0.1) is 11.7 Å². The van der Waals surface area contributed by atoms with Gasteiger partial charge in [0.25, 0.3) is 5.91 Å². The lowest BCUT2D eigenvalue weighted by molar-refractivity contribution is 0.0337. The van der Waals surface area contributed by atoms with Gasteiger partial charge in [-0.15, -0.1) is 0 Å². The van der Waals surface area contributed by atoms with Crippen molar-refractivity contribution >= 4 is 17.5 Å². The number of ether oxygens (including phenoxy) is 3. The number of amides is 1. The number of hydrogen-bond donors (Lipinski definition) is 2. The normalized spacial score (nSPS) is 23.4. The molecule has 2 aliphatic rings. The topological polar surface area (TPSA) is 68.8 Å². The summed E-state index contributed by atoms with van der Waals surface area (Å²) in [7, 11) is 1.70. The van der Waals surface area contributed by atoms with Gasteiger partial charge in [0.2, 0.25) is 0 Å². The molecule has 1 aromatic carbocycles. The Labute approximate surface area is 140 Å². The van der Waals surface area contributed by atoms with Gasteiger partial charge in [-0.2, -0.15) is 0 Å². The van der Waals surface area contributed by atoms with E-state index in [1.54, 1.807) is 19.2 Å². The average Bonchev–Trinajstić information content (AvgIpc) is 2.59. The average molecular weight is 341 g/mol. The second kappa shape index (κ2) is 7.38. The molecule has 23 heavy (non-hydrogen) atoms. The second-order valence-electron chi connectivity index (χ2n) is 5.71. The molecule has 2 unspecified atom stereocenters. The SMILES string of the molecule is COC1CNCCC1CNC(=O)c1cc(Cl)cc2c1OCCO2. The van der Waals surface area contributed by atoms with Crippen LogP contribution in [0.3, 0.4) is 0 Å². The van der Waals surface area contributed by atoms with E-state index in [0.717, 1.165) is 19.5 Å². The van der Waals surface area contributed by atoms with Crippen molar-refractivity contribution < 1.29 is 19.0 Å². The Morgan fingerprint density at radius 2 is 2.26 bits per heavy atom. The Kier molecular flexibility index (Phi) is 5.25. The molecule has 0 bridgehead atoms. The molecule has 7 heteroatoms. The number of rotatable bonds is 4. The maximum Gasteiger partial charge on any atom is 0.255 e. The predicted octanol–water partition coefficient (Wildman–Crippen LogP) is 1.47. The Balaban J connectivity index is 1.70. The zero-order chi connectivity index (χ0) is 16.2. The van der Waals surface area contributed by atoms with Crippen LogP contribution in [-0.2, 0) is 4.74 Å². The summed E-state index contributed by atoms with van der Waals surface area (Å²) in [5.41, 5.74) is 0.412. The predicted molar refractivity (Wildman–Crippen MR) is 86.5 cm³/mol. The van der Waals surface area contributed by atoms with Crippen LogP contribution in [0.5, 0.6) is 11.5 Å². The second-order valence-corrected chi connectivity index (χ2v) is 6.15. The van der Waals surface area contributed by atoms with Gasteiger partial charge in [0, 0.05) is 37.2 Å². The summed E-state index contributed by atoms with van der Waals surface area (Å²) < 4.78 is 16.6. The summed E-state index contributed by atoms with van der Waals surface area (Å²) >= 11 is 6.08. The number of carbonyl (C=O) groups is 1. The van der Waals surface area contributed by atoms with E-state index < -0.39 is 0 Å². The van der Waals surface area contributed by atoms with Crippen LogP contribution in [0.25, 0.3) is 0 Å². The molecule has 0 saturated carbocycles. The van der Waals surface area contributed by atoms with Gasteiger partial charge in [-0.3, -0.25) is 4.79 Å². The fourth-order valence-corrected chi connectivity index (χ4v) is 3.21. The fourth-order valence-electron chi connectivity index (χ4n) is 3.00. The Hall–Kier alpha value is -1.50. The van der Waals surface area contributed by atoms with Crippen molar-refractivity contribution in [2.24, 2.45) is 5.92 Å². The number of methoxy groups -OCH3 is 1. The quantitative estimate of drug-likeness (QED) is 0.868. The van der Waals surface area contributed by atoms with E-state index in [4.69, 9.17) is 25.8 Å². The highest BCUT2D eigenvalue weighted by Gasteiger charge is 2.27. The summed E-state index contributed by atoms with van der Waals surface area (Å²) in [5, 5.41) is 6.72. The molecule has 2 heterocycles. The first-order chi connectivity index (χ1) is 11.2. The first-order valence-corrected chi connectivity index (χ1v) is 8.17. The molecule has 2 atom stereocenters. The maximum atomic E-state index is 12.5. The van der Waals surface area contributed by atoms with Crippen molar-refractivity contribution in [1.29, 1.82) is 0 Å². The lowest BCUT2D eigenvalue weighted by Gasteiger charge is -2.31. The molecule has 3 rings (SSSR count). The van der Waals surface area contributed by atoms with Gasteiger partial charge in [0.15, 0.2) is 11.5 Å². The molecular weight excluding hydrogens is 320 g/mol. The molecule has 2 N–H and O–H groups in total. The summed E-state index contributed by atoms with van der Waals surface area (Å²) in [6.45, 7) is 3.18. The first-order valence-electron chi connectivity index (χ1n) is 7.80. The van der Waals surface area contributed by atoms with Crippen molar-refractivity contribution in [3.63, 3.8) is 0 Å². The van der Waals surface area contributed by atoms with Crippen LogP contribution in [0.2, 0.25) is 5.02 Å². The van der Waals surface area contributed by atoms with Gasteiger partial charge in [0.1, 0.15) is 13.2 Å². The van der Waals surface area contributed by atoms with Crippen molar-refractivity contribution in [3.8, 4) is 11.5 Å². The van der Waals surface area contributed by atoms with Crippen LogP contribution in [0, 0.1) is 5.92 Å². The zero-order valence-electron chi connectivity index (χ0n) is 13.1. The molecule has 1 saturated heterocycles. The summed E-state index contributed by atoms with van der Waals surface area (Å²) in [4.78, 5) is 12.5. The van der Waals surface area contributed by atoms with Crippen molar-refractivity contribution in [2.75, 3.05) is 40.0 Å². The van der Waals surface area contributed by atoms with Crippen LogP contribution in [-0.4, -0.2) is 52.0 Å². The molecule has 0 aromatic heterocycles. The number of carbonyl (C=O) groups excluding carboxylic acids is 1. The maximum absolute atomic E-state index is 12.5. The standard InChI is InChI=1S/C16H21ClN2O4/c1-21-14-9-18-3-2-10(14)8-19-16(20)12-6-11(17)7-13-15(12)23-5-4-22-13/h6-7,10,14,18H,2-5,8-9H2,1H3,(H,19,20). The molecule has 2 aliphatic heterocycles. The minimum atomic E-state index is -0.206. The van der Waals surface area contributed by atoms with Crippen molar-refractivity contribution in [1.82, 2.24) is 10.6 Å². The minimum absolute atomic E-state index is 0.108. The minimum Gasteiger partial charge on any atom is -0.486 e. The van der Waals surface area contributed by atoms with Gasteiger partial charge >= 0.3 is 0 Å². The third kappa shape index (κ3) is 3.71. The highest BCUT2D eigenvalue weighted by molar-refractivity contribution is 6.31. The molecular formula is C16H21ClN2O4. The number of nitrogens with one attached hydrogen (secondary N) is 2. The third-order valence-electron chi connectivity index (χ3n) is 4.24. The Morgan fingerprint density at radius 1 is 1.43 bits per heavy atom. The van der Waals surface area contributed by atoms with Gasteiger partial charge in [-0.1, -0.05) is 11.6 Å². The van der Waals surface area contributed by atoms with Crippen LogP contribution < -0.4 is 20.1 Å². The van der Waals surface area contributed by atoms with Gasteiger partial charge in [-0.25, -0.2) is 0 Å². The molecule has 126 valence electrons. The van der Waals surface area contributed by atoms with Crippen molar-refractivity contribution in [3.05, 3.63) is 22.7 Å². The fraction of sp³-hybridized carbons (Fsp3) is 0.562. The van der Waals surface area contributed by atoms with Crippen molar-refractivity contribution in [2.45, 2.75) is 12.5 Å². The molecule has 6 nitrogen and oxygen atoms in total. The van der Waals surface area contributed by atoms with E-state index in [0.29, 0.717) is 41.8 Å². The molecule has 1 amide bonds. The van der Waals surface area contributed by atoms with E-state index in [-0.39, 0.29) is 17.9 Å². The molecule has 0 radical (unpaired) electrons. The lowest BCUT2D eigenvalue weighted by atomic mass is 9.95. The highest BCUT2D eigenvalue weighted by atomic mass is 35.5. The zero-order valence-corrected chi connectivity index (χ0v) is 13.8. The number of hydrogen-bond acceptors (Lipinski definition) is 5. The molecule has 1 fully saturated rings. The Morgan fingerprint density at radius 3 is 3.09 bits per heavy atom. The summed E-state index contributed by atoms with van der Waals surface area (Å²) in [6, 6.07) is 3.28. The summed E-state index contributed by atoms with van der Waals surface area (Å²) in [5.74, 6) is 1.07. The first kappa shape index (κ1) is 16.4. The lowest BCUT2D eigenvalue weighted by Crippen LogP contribution is -2.46. The van der Waals surface area contributed by atoms with E-state index in [9.17, 15) is 4.79 Å². The monoisotopic (exact) mass is 340 g/mol. The van der Waals surface area contributed by atoms with Gasteiger partial charge in [-0.05, 0) is 19.0 Å². The number of piperidine rings is 1. The summed E-state index contributed by atoms with van der Waals surface area (Å²) in [6.07, 6.45) is 1.07. The highest BCUT2D eigenvalue weighted by Crippen LogP contribution is 2.36. The third-order valence-corrected chi connectivity index (χ3v) is 4.46. The van der Waals surface area contributed by atoms with E-state index in [2.05, 4.69) is 10.6 Å². The number of benzene rings is 1. The van der Waals surface area contributed by atoms with Crippen LogP contribution >= 0.6 is 11.6 Å². The molecule has 0 spiro atoms. The number of halogens is 1. The molecule has 0 aliphatic carbocycles. The van der Waals surface area contributed by atoms with Crippen LogP contribution in [0.1, 0.15) is 16.8 Å². The van der Waals surface area contributed by atoms with E-state index >= 15 is 0 Å².